The first-order valence-electron chi connectivity index (χ1n) is 13.3. The summed E-state index contributed by atoms with van der Waals surface area (Å²) in [6, 6.07) is 9.41. The van der Waals surface area contributed by atoms with Gasteiger partial charge in [-0.25, -0.2) is 0 Å². The number of H-pyrrole nitrogens is 1. The first-order chi connectivity index (χ1) is 18.0. The molecule has 1 spiro atoms. The first kappa shape index (κ1) is 23.8. The fourth-order valence-electron chi connectivity index (χ4n) is 5.88. The van der Waals surface area contributed by atoms with Crippen LogP contribution in [0.5, 0.6) is 11.5 Å². The third-order valence-corrected chi connectivity index (χ3v) is 8.61. The normalized spacial score (nSPS) is 20.5. The second-order valence-corrected chi connectivity index (χ2v) is 11.0. The van der Waals surface area contributed by atoms with Crippen LogP contribution in [0.15, 0.2) is 36.5 Å². The maximum absolute atomic E-state index is 13.3. The van der Waals surface area contributed by atoms with Crippen molar-refractivity contribution in [3.63, 3.8) is 0 Å². The quantitative estimate of drug-likeness (QED) is 0.497. The summed E-state index contributed by atoms with van der Waals surface area (Å²) in [5, 5.41) is 11.3. The number of likely N-dealkylation sites (tertiary alicyclic amines) is 1. The van der Waals surface area contributed by atoms with Crippen molar-refractivity contribution in [1.29, 1.82) is 0 Å². The molecule has 2 aliphatic carbocycles. The van der Waals surface area contributed by atoms with Crippen molar-refractivity contribution < 1.29 is 19.1 Å². The summed E-state index contributed by atoms with van der Waals surface area (Å²) in [6.07, 6.45) is 8.01. The Hall–Kier alpha value is -3.55. The molecule has 2 heterocycles. The number of nitrogens with one attached hydrogen (secondary N) is 2. The molecule has 2 saturated carbocycles. The minimum absolute atomic E-state index is 0.0255. The number of aromatic amines is 1. The molecule has 1 saturated heterocycles. The van der Waals surface area contributed by atoms with Gasteiger partial charge in [0, 0.05) is 35.6 Å². The molecule has 8 nitrogen and oxygen atoms in total. The Kier molecular flexibility index (Phi) is 6.05. The van der Waals surface area contributed by atoms with Gasteiger partial charge in [-0.3, -0.25) is 14.7 Å². The maximum atomic E-state index is 13.3. The van der Waals surface area contributed by atoms with Crippen LogP contribution in [0, 0.1) is 18.3 Å². The Morgan fingerprint density at radius 3 is 2.59 bits per heavy atom. The fraction of sp³-hybridized carbons (Fsp3) is 0.483. The molecule has 1 aliphatic heterocycles. The minimum Gasteiger partial charge on any atom is -0.493 e. The zero-order valence-corrected chi connectivity index (χ0v) is 21.5. The van der Waals surface area contributed by atoms with E-state index in [1.54, 1.807) is 13.3 Å². The minimum atomic E-state index is -0.0364. The molecule has 0 bridgehead atoms. The van der Waals surface area contributed by atoms with Gasteiger partial charge in [-0.1, -0.05) is 0 Å². The number of carbonyl (C=O) groups is 2. The Bertz CT molecular complexity index is 1340. The molecule has 3 fully saturated rings. The molecule has 6 rings (SSSR count). The van der Waals surface area contributed by atoms with Crippen LogP contribution in [0.2, 0.25) is 0 Å². The highest BCUT2D eigenvalue weighted by molar-refractivity contribution is 5.99. The van der Waals surface area contributed by atoms with E-state index in [1.165, 1.54) is 12.8 Å². The maximum Gasteiger partial charge on any atom is 0.253 e. The number of fused-ring (bicyclic) bond motifs is 1. The lowest BCUT2D eigenvalue weighted by molar-refractivity contribution is -0.00232. The number of rotatable bonds is 7. The fourth-order valence-corrected chi connectivity index (χ4v) is 5.88. The van der Waals surface area contributed by atoms with Crippen molar-refractivity contribution in [2.45, 2.75) is 51.5 Å². The van der Waals surface area contributed by atoms with E-state index in [1.807, 2.05) is 42.2 Å². The van der Waals surface area contributed by atoms with Gasteiger partial charge in [-0.2, -0.15) is 5.10 Å². The summed E-state index contributed by atoms with van der Waals surface area (Å²) >= 11 is 0. The van der Waals surface area contributed by atoms with E-state index in [0.717, 1.165) is 42.1 Å². The van der Waals surface area contributed by atoms with Crippen molar-refractivity contribution >= 4 is 22.7 Å². The van der Waals surface area contributed by atoms with Gasteiger partial charge in [0.1, 0.15) is 0 Å². The lowest BCUT2D eigenvalue weighted by atomic mass is 9.59. The number of nitrogens with zero attached hydrogens (tertiary/aromatic N) is 2. The van der Waals surface area contributed by atoms with Crippen LogP contribution in [-0.2, 0) is 0 Å². The third kappa shape index (κ3) is 4.54. The zero-order valence-electron chi connectivity index (χ0n) is 21.5. The molecule has 3 aliphatic rings. The predicted octanol–water partition coefficient (Wildman–Crippen LogP) is 4.48. The molecule has 1 aromatic heterocycles. The lowest BCUT2D eigenvalue weighted by Crippen LogP contribution is -2.59. The van der Waals surface area contributed by atoms with Crippen LogP contribution in [0.25, 0.3) is 10.9 Å². The molecule has 194 valence electrons. The number of aryl methyl sites for hydroxylation is 1. The number of benzene rings is 2. The van der Waals surface area contributed by atoms with E-state index in [-0.39, 0.29) is 23.3 Å². The van der Waals surface area contributed by atoms with Gasteiger partial charge in [0.05, 0.1) is 25.4 Å². The monoisotopic (exact) mass is 502 g/mol. The SMILES string of the molecule is COc1ccc(C(=O)N2CCC3(CCC3NC(=O)c3cc(C)c4[nH]ncc4c3)CC2)cc1OCC1CC1. The molecular formula is C29H34N4O4. The van der Waals surface area contributed by atoms with Gasteiger partial charge in [0.15, 0.2) is 11.5 Å². The molecule has 2 aromatic carbocycles. The van der Waals surface area contributed by atoms with Gasteiger partial charge >= 0.3 is 0 Å². The molecule has 3 aromatic rings. The average molecular weight is 503 g/mol. The van der Waals surface area contributed by atoms with E-state index in [4.69, 9.17) is 9.47 Å². The molecule has 37 heavy (non-hydrogen) atoms. The van der Waals surface area contributed by atoms with E-state index in [2.05, 4.69) is 15.5 Å². The highest BCUT2D eigenvalue weighted by atomic mass is 16.5. The highest BCUT2D eigenvalue weighted by Gasteiger charge is 2.49. The topological polar surface area (TPSA) is 96.6 Å². The predicted molar refractivity (Wildman–Crippen MR) is 140 cm³/mol. The van der Waals surface area contributed by atoms with Crippen molar-refractivity contribution in [3.8, 4) is 11.5 Å². The number of aromatic nitrogens is 2. The standard InChI is InChI=1S/C29H34N4O4/c1-18-13-21(14-22-16-30-32-26(18)22)27(34)31-25-7-8-29(25)9-11-33(12-10-29)28(35)20-5-6-23(36-2)24(15-20)37-17-19-3-4-19/h5-6,13-16,19,25H,3-4,7-12,17H2,1-2H3,(H,30,32)(H,31,34). The van der Waals surface area contributed by atoms with Crippen molar-refractivity contribution in [1.82, 2.24) is 20.4 Å². The summed E-state index contributed by atoms with van der Waals surface area (Å²) in [5.41, 5.74) is 3.34. The number of carbonyl (C=O) groups excluding carboxylic acids is 2. The average Bonchev–Trinajstić information content (AvgIpc) is 3.63. The number of hydrogen-bond acceptors (Lipinski definition) is 5. The number of piperidine rings is 1. The summed E-state index contributed by atoms with van der Waals surface area (Å²) in [7, 11) is 1.62. The Morgan fingerprint density at radius 2 is 1.89 bits per heavy atom. The second kappa shape index (κ2) is 9.39. The van der Waals surface area contributed by atoms with Crippen molar-refractivity contribution in [2.24, 2.45) is 11.3 Å². The van der Waals surface area contributed by atoms with E-state index in [0.29, 0.717) is 48.2 Å². The van der Waals surface area contributed by atoms with E-state index in [9.17, 15) is 9.59 Å². The number of ether oxygens (including phenoxy) is 2. The van der Waals surface area contributed by atoms with E-state index >= 15 is 0 Å². The smallest absolute Gasteiger partial charge is 0.253 e. The van der Waals surface area contributed by atoms with Crippen LogP contribution < -0.4 is 14.8 Å². The number of hydrogen-bond donors (Lipinski definition) is 2. The number of methoxy groups -OCH3 is 1. The highest BCUT2D eigenvalue weighted by Crippen LogP contribution is 2.49. The molecule has 2 N–H and O–H groups in total. The van der Waals surface area contributed by atoms with Crippen molar-refractivity contribution in [2.75, 3.05) is 26.8 Å². The lowest BCUT2D eigenvalue weighted by Gasteiger charge is -2.54. The van der Waals surface area contributed by atoms with Crippen LogP contribution in [0.1, 0.15) is 64.8 Å². The van der Waals surface area contributed by atoms with Crippen LogP contribution >= 0.6 is 0 Å². The summed E-state index contributed by atoms with van der Waals surface area (Å²) in [5.74, 6) is 1.91. The molecule has 8 heteroatoms. The van der Waals surface area contributed by atoms with Gasteiger partial charge in [0.25, 0.3) is 11.8 Å². The molecular weight excluding hydrogens is 468 g/mol. The Labute approximate surface area is 216 Å². The van der Waals surface area contributed by atoms with Crippen molar-refractivity contribution in [3.05, 3.63) is 53.2 Å². The van der Waals surface area contributed by atoms with Gasteiger partial charge in [-0.05, 0) is 92.7 Å². The van der Waals surface area contributed by atoms with Gasteiger partial charge in [-0.15, -0.1) is 0 Å². The molecule has 1 atom stereocenters. The Morgan fingerprint density at radius 1 is 1.08 bits per heavy atom. The molecule has 2 amide bonds. The zero-order chi connectivity index (χ0) is 25.6. The second-order valence-electron chi connectivity index (χ2n) is 11.0. The summed E-state index contributed by atoms with van der Waals surface area (Å²) < 4.78 is 11.4. The molecule has 1 unspecified atom stereocenters. The summed E-state index contributed by atoms with van der Waals surface area (Å²) in [4.78, 5) is 28.4. The largest absolute Gasteiger partial charge is 0.493 e. The van der Waals surface area contributed by atoms with Crippen LogP contribution in [0.4, 0.5) is 0 Å². The summed E-state index contributed by atoms with van der Waals surface area (Å²) in [6.45, 7) is 4.04. The van der Waals surface area contributed by atoms with Crippen LogP contribution in [0.3, 0.4) is 0 Å². The van der Waals surface area contributed by atoms with E-state index < -0.39 is 0 Å². The number of amides is 2. The Balaban J connectivity index is 1.08. The molecule has 0 radical (unpaired) electrons. The van der Waals surface area contributed by atoms with Crippen LogP contribution in [-0.4, -0.2) is 59.8 Å². The van der Waals surface area contributed by atoms with Gasteiger partial charge < -0.3 is 19.7 Å². The van der Waals surface area contributed by atoms with Gasteiger partial charge in [0.2, 0.25) is 0 Å². The first-order valence-corrected chi connectivity index (χ1v) is 13.3. The third-order valence-electron chi connectivity index (χ3n) is 8.61.